The van der Waals surface area contributed by atoms with Crippen LogP contribution in [-0.4, -0.2) is 5.11 Å². The fraction of sp³-hybridized carbons (Fsp3) is 0.333. The first-order valence-electron chi connectivity index (χ1n) is 3.68. The zero-order valence-corrected chi connectivity index (χ0v) is 6.72. The summed E-state index contributed by atoms with van der Waals surface area (Å²) in [5, 5.41) is 9.13. The number of halogens is 2. The molecule has 1 aromatic carbocycles. The lowest BCUT2D eigenvalue weighted by molar-refractivity contribution is 0.196. The van der Waals surface area contributed by atoms with E-state index < -0.39 is 18.6 Å². The number of hydrogen-bond acceptors (Lipinski definition) is 1. The molecule has 0 bridgehead atoms. The molecule has 0 radical (unpaired) electrons. The molecule has 0 heterocycles. The molecule has 0 spiro atoms. The summed E-state index contributed by atoms with van der Waals surface area (Å²) in [7, 11) is 0. The lowest BCUT2D eigenvalue weighted by Crippen LogP contribution is -1.99. The molecule has 0 amide bonds. The van der Waals surface area contributed by atoms with Crippen molar-refractivity contribution in [2.75, 3.05) is 0 Å². The van der Waals surface area contributed by atoms with E-state index in [1.807, 2.05) is 0 Å². The summed E-state index contributed by atoms with van der Waals surface area (Å²) in [6, 6.07) is 4.15. The Balaban J connectivity index is 3.18. The molecule has 1 atom stereocenters. The number of benzene rings is 1. The van der Waals surface area contributed by atoms with Gasteiger partial charge in [0.1, 0.15) is 12.5 Å². The second-order valence-electron chi connectivity index (χ2n) is 2.62. The van der Waals surface area contributed by atoms with Gasteiger partial charge in [-0.3, -0.25) is 0 Å². The van der Waals surface area contributed by atoms with Gasteiger partial charge in [0.2, 0.25) is 0 Å². The summed E-state index contributed by atoms with van der Waals surface area (Å²) in [5.74, 6) is -0.601. The second kappa shape index (κ2) is 3.63. The van der Waals surface area contributed by atoms with Crippen molar-refractivity contribution in [3.05, 3.63) is 35.1 Å². The van der Waals surface area contributed by atoms with Crippen LogP contribution in [0.2, 0.25) is 0 Å². The normalized spacial score (nSPS) is 13.0. The molecule has 1 aromatic rings. The Labute approximate surface area is 69.7 Å². The third kappa shape index (κ3) is 1.61. The van der Waals surface area contributed by atoms with Crippen molar-refractivity contribution in [3.8, 4) is 0 Å². The quantitative estimate of drug-likeness (QED) is 0.726. The molecule has 1 unspecified atom stereocenters. The zero-order chi connectivity index (χ0) is 9.14. The predicted octanol–water partition coefficient (Wildman–Crippen LogP) is 2.35. The van der Waals surface area contributed by atoms with Crippen molar-refractivity contribution in [1.82, 2.24) is 0 Å². The standard InChI is InChI=1S/C9H10F2O/c1-6(12)7-3-2-4-9(11)8(7)5-10/h2-4,6,12H,5H2,1H3. The molecular formula is C9H10F2O. The minimum absolute atomic E-state index is 0.0486. The third-order valence-electron chi connectivity index (χ3n) is 1.74. The van der Waals surface area contributed by atoms with Crippen LogP contribution in [0.5, 0.6) is 0 Å². The summed E-state index contributed by atoms with van der Waals surface area (Å²) in [6.07, 6.45) is -0.827. The van der Waals surface area contributed by atoms with Crippen molar-refractivity contribution < 1.29 is 13.9 Å². The van der Waals surface area contributed by atoms with Crippen molar-refractivity contribution in [1.29, 1.82) is 0 Å². The second-order valence-corrected chi connectivity index (χ2v) is 2.62. The van der Waals surface area contributed by atoms with Gasteiger partial charge in [-0.25, -0.2) is 8.78 Å². The van der Waals surface area contributed by atoms with Gasteiger partial charge in [0.05, 0.1) is 6.10 Å². The number of aliphatic hydroxyl groups is 1. The van der Waals surface area contributed by atoms with Gasteiger partial charge in [0, 0.05) is 5.56 Å². The van der Waals surface area contributed by atoms with E-state index in [4.69, 9.17) is 5.11 Å². The van der Waals surface area contributed by atoms with Crippen LogP contribution in [0.15, 0.2) is 18.2 Å². The number of aliphatic hydroxyl groups excluding tert-OH is 1. The van der Waals surface area contributed by atoms with Gasteiger partial charge < -0.3 is 5.11 Å². The Hall–Kier alpha value is -0.960. The smallest absolute Gasteiger partial charge is 0.129 e. The van der Waals surface area contributed by atoms with E-state index in [2.05, 4.69) is 0 Å². The van der Waals surface area contributed by atoms with Gasteiger partial charge in [0.25, 0.3) is 0 Å². The maximum Gasteiger partial charge on any atom is 0.129 e. The average Bonchev–Trinajstić information content (AvgIpc) is 2.03. The van der Waals surface area contributed by atoms with Gasteiger partial charge in [-0.2, -0.15) is 0 Å². The molecule has 0 aromatic heterocycles. The number of rotatable bonds is 2. The van der Waals surface area contributed by atoms with Crippen LogP contribution in [0.3, 0.4) is 0 Å². The summed E-state index contributed by atoms with van der Waals surface area (Å²) in [5.41, 5.74) is 0.269. The SMILES string of the molecule is CC(O)c1cccc(F)c1CF. The molecule has 66 valence electrons. The molecular weight excluding hydrogens is 162 g/mol. The van der Waals surface area contributed by atoms with E-state index in [9.17, 15) is 8.78 Å². The lowest BCUT2D eigenvalue weighted by atomic mass is 10.0. The van der Waals surface area contributed by atoms with Crippen LogP contribution in [0.25, 0.3) is 0 Å². The highest BCUT2D eigenvalue weighted by Crippen LogP contribution is 2.20. The van der Waals surface area contributed by atoms with E-state index in [1.165, 1.54) is 25.1 Å². The molecule has 0 aliphatic heterocycles. The highest BCUT2D eigenvalue weighted by molar-refractivity contribution is 5.29. The van der Waals surface area contributed by atoms with Gasteiger partial charge in [-0.1, -0.05) is 12.1 Å². The highest BCUT2D eigenvalue weighted by atomic mass is 19.1. The van der Waals surface area contributed by atoms with Crippen LogP contribution in [0.1, 0.15) is 24.2 Å². The van der Waals surface area contributed by atoms with Gasteiger partial charge >= 0.3 is 0 Å². The summed E-state index contributed by atoms with van der Waals surface area (Å²) in [4.78, 5) is 0. The molecule has 0 fully saturated rings. The maximum absolute atomic E-state index is 12.9. The van der Waals surface area contributed by atoms with Crippen molar-refractivity contribution in [3.63, 3.8) is 0 Å². The lowest BCUT2D eigenvalue weighted by Gasteiger charge is -2.09. The first kappa shape index (κ1) is 9.13. The molecule has 0 saturated carbocycles. The molecule has 1 rings (SSSR count). The van der Waals surface area contributed by atoms with Crippen LogP contribution in [-0.2, 0) is 6.67 Å². The maximum atomic E-state index is 12.9. The molecule has 1 N–H and O–H groups in total. The minimum Gasteiger partial charge on any atom is -0.389 e. The van der Waals surface area contributed by atoms with Crippen molar-refractivity contribution in [2.45, 2.75) is 19.7 Å². The molecule has 0 aliphatic carbocycles. The van der Waals surface area contributed by atoms with E-state index in [0.29, 0.717) is 5.56 Å². The predicted molar refractivity (Wildman–Crippen MR) is 41.8 cm³/mol. The average molecular weight is 172 g/mol. The van der Waals surface area contributed by atoms with Gasteiger partial charge in [0.15, 0.2) is 0 Å². The monoisotopic (exact) mass is 172 g/mol. The van der Waals surface area contributed by atoms with Gasteiger partial charge in [-0.05, 0) is 18.6 Å². The fourth-order valence-corrected chi connectivity index (χ4v) is 1.11. The molecule has 12 heavy (non-hydrogen) atoms. The van der Waals surface area contributed by atoms with Crippen molar-refractivity contribution in [2.24, 2.45) is 0 Å². The summed E-state index contributed by atoms with van der Waals surface area (Å²) >= 11 is 0. The molecule has 0 aliphatic rings. The molecule has 0 saturated heterocycles. The highest BCUT2D eigenvalue weighted by Gasteiger charge is 2.11. The summed E-state index contributed by atoms with van der Waals surface area (Å²) in [6.45, 7) is 0.598. The molecule has 1 nitrogen and oxygen atoms in total. The van der Waals surface area contributed by atoms with Crippen LogP contribution in [0.4, 0.5) is 8.78 Å². The van der Waals surface area contributed by atoms with Crippen molar-refractivity contribution >= 4 is 0 Å². The largest absolute Gasteiger partial charge is 0.389 e. The number of alkyl halides is 1. The van der Waals surface area contributed by atoms with E-state index in [0.717, 1.165) is 0 Å². The number of hydrogen-bond donors (Lipinski definition) is 1. The Morgan fingerprint density at radius 1 is 1.50 bits per heavy atom. The Kier molecular flexibility index (Phi) is 2.76. The summed E-state index contributed by atoms with van der Waals surface area (Å²) < 4.78 is 25.1. The van der Waals surface area contributed by atoms with Crippen LogP contribution in [0, 0.1) is 5.82 Å². The van der Waals surface area contributed by atoms with Gasteiger partial charge in [-0.15, -0.1) is 0 Å². The molecule has 3 heteroatoms. The first-order valence-corrected chi connectivity index (χ1v) is 3.68. The minimum atomic E-state index is -0.882. The third-order valence-corrected chi connectivity index (χ3v) is 1.74. The first-order chi connectivity index (χ1) is 5.66. The van der Waals surface area contributed by atoms with E-state index >= 15 is 0 Å². The zero-order valence-electron chi connectivity index (χ0n) is 6.72. The Morgan fingerprint density at radius 2 is 2.17 bits per heavy atom. The Bertz CT molecular complexity index is 271. The van der Waals surface area contributed by atoms with Crippen LogP contribution < -0.4 is 0 Å². The van der Waals surface area contributed by atoms with Crippen LogP contribution >= 0.6 is 0 Å². The fourth-order valence-electron chi connectivity index (χ4n) is 1.11. The topological polar surface area (TPSA) is 20.2 Å². The van der Waals surface area contributed by atoms with E-state index in [-0.39, 0.29) is 5.56 Å². The van der Waals surface area contributed by atoms with E-state index in [1.54, 1.807) is 0 Å². The Morgan fingerprint density at radius 3 is 2.58 bits per heavy atom.